The van der Waals surface area contributed by atoms with Crippen LogP contribution < -0.4 is 0 Å². The smallest absolute Gasteiger partial charge is 0.152 e. The Labute approximate surface area is 333 Å². The van der Waals surface area contributed by atoms with E-state index in [-0.39, 0.29) is 11.3 Å². The lowest BCUT2D eigenvalue weighted by Crippen LogP contribution is -2.15. The molecule has 270 valence electrons. The van der Waals surface area contributed by atoms with E-state index in [1.54, 1.807) is 0 Å². The molecule has 0 amide bonds. The molecule has 0 atom stereocenters. The van der Waals surface area contributed by atoms with Crippen molar-refractivity contribution in [2.45, 2.75) is 19.3 Å². The molecule has 1 aliphatic carbocycles. The van der Waals surface area contributed by atoms with Gasteiger partial charge in [-0.1, -0.05) is 202 Å². The Morgan fingerprint density at radius 1 is 0.474 bits per heavy atom. The molecule has 9 aromatic rings. The summed E-state index contributed by atoms with van der Waals surface area (Å²) < 4.78 is 0. The number of aliphatic imine (C=N–C) groups is 1. The molecule has 57 heavy (non-hydrogen) atoms. The predicted molar refractivity (Wildman–Crippen MR) is 243 cm³/mol. The Morgan fingerprint density at radius 3 is 1.72 bits per heavy atom. The zero-order valence-corrected chi connectivity index (χ0v) is 32.0. The van der Waals surface area contributed by atoms with Crippen LogP contribution in [-0.2, 0) is 5.41 Å². The minimum Gasteiger partial charge on any atom is -0.282 e. The summed E-state index contributed by atoms with van der Waals surface area (Å²) in [6.45, 7) is 4.76. The average Bonchev–Trinajstić information content (AvgIpc) is 3.50. The van der Waals surface area contributed by atoms with E-state index >= 15 is 0 Å². The highest BCUT2D eigenvalue weighted by molar-refractivity contribution is 6.18. The molecule has 0 heterocycles. The van der Waals surface area contributed by atoms with Crippen LogP contribution in [-0.4, -0.2) is 11.5 Å². The lowest BCUT2D eigenvalue weighted by Gasteiger charge is -2.24. The number of rotatable bonds is 6. The summed E-state index contributed by atoms with van der Waals surface area (Å²) in [6.07, 6.45) is 4.17. The Hall–Kier alpha value is -7.16. The molecule has 0 unspecified atom stereocenters. The minimum atomic E-state index is -0.121. The number of hydrogen-bond donors (Lipinski definition) is 1. The van der Waals surface area contributed by atoms with Crippen molar-refractivity contribution < 1.29 is 0 Å². The van der Waals surface area contributed by atoms with Crippen LogP contribution in [0.3, 0.4) is 0 Å². The molecule has 0 aromatic heterocycles. The third kappa shape index (κ3) is 5.89. The molecule has 2 nitrogen and oxygen atoms in total. The number of nitrogens with one attached hydrogen (secondary N) is 1. The van der Waals surface area contributed by atoms with Crippen LogP contribution >= 0.6 is 0 Å². The standard InChI is InChI=1S/C55H40N2/c1-55(2)51-35-40(27-30-49(51)50-31-26-36-15-9-10-21-43(36)53(50)55)42-32-33-48(46-24-14-13-23-45(42)46)47-29-25-37(41-20-11-12-22-44(41)47)28-34-52(38-16-5-3-6-17-38)57-54(56)39-18-7-4-8-19-39/h3-35,56H,1-2H3/b34-28+,56-54?,57-52?. The molecular weight excluding hydrogens is 689 g/mol. The van der Waals surface area contributed by atoms with Crippen LogP contribution in [0.2, 0.25) is 0 Å². The average molecular weight is 729 g/mol. The highest BCUT2D eigenvalue weighted by Gasteiger charge is 2.37. The quantitative estimate of drug-likeness (QED) is 0.131. The van der Waals surface area contributed by atoms with E-state index in [4.69, 9.17) is 10.4 Å². The van der Waals surface area contributed by atoms with E-state index in [9.17, 15) is 0 Å². The lowest BCUT2D eigenvalue weighted by molar-refractivity contribution is 0.666. The summed E-state index contributed by atoms with van der Waals surface area (Å²) in [4.78, 5) is 4.81. The molecular formula is C55H40N2. The second kappa shape index (κ2) is 13.8. The molecule has 2 heteroatoms. The SMILES string of the molecule is CC1(C)c2cc(-c3ccc(-c4ccc(/C=C/C(=NC(=N)c5ccccc5)c5ccccc5)c5ccccc45)c4ccccc34)ccc2-c2ccc3ccccc3c21. The molecule has 1 N–H and O–H groups in total. The first-order valence-corrected chi connectivity index (χ1v) is 19.6. The van der Waals surface area contributed by atoms with Gasteiger partial charge in [0.1, 0.15) is 0 Å². The van der Waals surface area contributed by atoms with E-state index < -0.39 is 0 Å². The van der Waals surface area contributed by atoms with Gasteiger partial charge in [0.25, 0.3) is 0 Å². The van der Waals surface area contributed by atoms with Crippen LogP contribution in [0.4, 0.5) is 0 Å². The number of nitrogens with zero attached hydrogens (tertiary/aromatic N) is 1. The van der Waals surface area contributed by atoms with E-state index in [1.165, 1.54) is 71.4 Å². The van der Waals surface area contributed by atoms with Gasteiger partial charge in [0.15, 0.2) is 5.84 Å². The van der Waals surface area contributed by atoms with Gasteiger partial charge in [0.2, 0.25) is 0 Å². The molecule has 0 fully saturated rings. The van der Waals surface area contributed by atoms with Gasteiger partial charge in [-0.3, -0.25) is 5.41 Å². The number of benzene rings is 9. The summed E-state index contributed by atoms with van der Waals surface area (Å²) >= 11 is 0. The van der Waals surface area contributed by atoms with Crippen molar-refractivity contribution in [3.63, 3.8) is 0 Å². The van der Waals surface area contributed by atoms with Gasteiger partial charge in [0, 0.05) is 16.5 Å². The van der Waals surface area contributed by atoms with Crippen molar-refractivity contribution in [3.8, 4) is 33.4 Å². The van der Waals surface area contributed by atoms with Crippen LogP contribution in [0.1, 0.15) is 41.7 Å². The van der Waals surface area contributed by atoms with E-state index in [1.807, 2.05) is 66.7 Å². The molecule has 0 bridgehead atoms. The van der Waals surface area contributed by atoms with Crippen molar-refractivity contribution in [2.75, 3.05) is 0 Å². The van der Waals surface area contributed by atoms with Crippen molar-refractivity contribution in [1.29, 1.82) is 5.41 Å². The normalized spacial score (nSPS) is 13.3. The van der Waals surface area contributed by atoms with Crippen LogP contribution in [0.25, 0.3) is 71.8 Å². The second-order valence-corrected chi connectivity index (χ2v) is 15.5. The van der Waals surface area contributed by atoms with Gasteiger partial charge in [0.05, 0.1) is 5.71 Å². The zero-order valence-electron chi connectivity index (χ0n) is 32.0. The van der Waals surface area contributed by atoms with Crippen LogP contribution in [0, 0.1) is 5.41 Å². The number of amidine groups is 1. The van der Waals surface area contributed by atoms with E-state index in [0.29, 0.717) is 0 Å². The predicted octanol–water partition coefficient (Wildman–Crippen LogP) is 14.3. The topological polar surface area (TPSA) is 36.2 Å². The molecule has 9 aromatic carbocycles. The maximum absolute atomic E-state index is 8.77. The molecule has 0 spiro atoms. The molecule has 0 saturated carbocycles. The van der Waals surface area contributed by atoms with E-state index in [2.05, 4.69) is 147 Å². The van der Waals surface area contributed by atoms with Crippen molar-refractivity contribution in [3.05, 3.63) is 222 Å². The fraction of sp³-hybridized carbons (Fsp3) is 0.0545. The molecule has 1 aliphatic rings. The van der Waals surface area contributed by atoms with Gasteiger partial charge in [-0.15, -0.1) is 0 Å². The third-order valence-electron chi connectivity index (χ3n) is 11.8. The first-order chi connectivity index (χ1) is 28.0. The summed E-state index contributed by atoms with van der Waals surface area (Å²) in [5, 5.41) is 16.2. The molecule has 0 saturated heterocycles. The maximum atomic E-state index is 8.77. The molecule has 0 aliphatic heterocycles. The first kappa shape index (κ1) is 34.3. The Bertz CT molecular complexity index is 3090. The number of allylic oxidation sites excluding steroid dienone is 1. The van der Waals surface area contributed by atoms with E-state index in [0.717, 1.165) is 27.8 Å². The van der Waals surface area contributed by atoms with Crippen molar-refractivity contribution in [2.24, 2.45) is 4.99 Å². The fourth-order valence-electron chi connectivity index (χ4n) is 9.01. The monoisotopic (exact) mass is 728 g/mol. The summed E-state index contributed by atoms with van der Waals surface area (Å²) in [6, 6.07) is 66.9. The Morgan fingerprint density at radius 2 is 1.00 bits per heavy atom. The van der Waals surface area contributed by atoms with Gasteiger partial charge < -0.3 is 0 Å². The van der Waals surface area contributed by atoms with Crippen LogP contribution in [0.5, 0.6) is 0 Å². The largest absolute Gasteiger partial charge is 0.282 e. The second-order valence-electron chi connectivity index (χ2n) is 15.5. The molecule has 10 rings (SSSR count). The van der Waals surface area contributed by atoms with Gasteiger partial charge >= 0.3 is 0 Å². The summed E-state index contributed by atoms with van der Waals surface area (Å²) in [5.41, 5.74) is 13.8. The summed E-state index contributed by atoms with van der Waals surface area (Å²) in [7, 11) is 0. The third-order valence-corrected chi connectivity index (χ3v) is 11.8. The van der Waals surface area contributed by atoms with Crippen LogP contribution in [0.15, 0.2) is 199 Å². The maximum Gasteiger partial charge on any atom is 0.152 e. The molecule has 0 radical (unpaired) electrons. The first-order valence-electron chi connectivity index (χ1n) is 19.6. The van der Waals surface area contributed by atoms with Gasteiger partial charge in [-0.05, 0) is 94.5 Å². The van der Waals surface area contributed by atoms with Crippen molar-refractivity contribution in [1.82, 2.24) is 0 Å². The Kier molecular flexibility index (Phi) is 8.34. The zero-order chi connectivity index (χ0) is 38.5. The number of fused-ring (bicyclic) bond motifs is 7. The highest BCUT2D eigenvalue weighted by atomic mass is 14.8. The summed E-state index contributed by atoms with van der Waals surface area (Å²) in [5.74, 6) is 0.233. The number of hydrogen-bond acceptors (Lipinski definition) is 1. The lowest BCUT2D eigenvalue weighted by atomic mass is 9.79. The fourth-order valence-corrected chi connectivity index (χ4v) is 9.01. The van der Waals surface area contributed by atoms with Crippen molar-refractivity contribution >= 4 is 49.9 Å². The van der Waals surface area contributed by atoms with Gasteiger partial charge in [-0.2, -0.15) is 0 Å². The van der Waals surface area contributed by atoms with Gasteiger partial charge in [-0.25, -0.2) is 4.99 Å². The minimum absolute atomic E-state index is 0.121. The highest BCUT2D eigenvalue weighted by Crippen LogP contribution is 2.52. The Balaban J connectivity index is 1.05.